The van der Waals surface area contributed by atoms with Gasteiger partial charge in [-0.05, 0) is 30.5 Å². The summed E-state index contributed by atoms with van der Waals surface area (Å²) in [4.78, 5) is 0. The first-order valence-electron chi connectivity index (χ1n) is 9.57. The molecule has 30 heavy (non-hydrogen) atoms. The first-order chi connectivity index (χ1) is 14.5. The number of halogens is 1. The maximum atomic E-state index is 11.9. The first kappa shape index (κ1) is 19.9. The summed E-state index contributed by atoms with van der Waals surface area (Å²) in [5, 5.41) is 44.6. The zero-order chi connectivity index (χ0) is 21.3. The Morgan fingerprint density at radius 3 is 2.37 bits per heavy atom. The molecule has 148 valence electrons. The molecule has 6 nitrogen and oxygen atoms in total. The lowest BCUT2D eigenvalue weighted by Gasteiger charge is -2.43. The lowest BCUT2D eigenvalue weighted by Crippen LogP contribution is -2.66. The highest BCUT2D eigenvalue weighted by molar-refractivity contribution is 6.30. The molecule has 2 aliphatic rings. The van der Waals surface area contributed by atoms with Gasteiger partial charge in [0.15, 0.2) is 12.4 Å². The number of hydrogen-bond acceptors (Lipinski definition) is 4. The predicted molar refractivity (Wildman–Crippen MR) is 111 cm³/mol. The summed E-state index contributed by atoms with van der Waals surface area (Å²) in [6.07, 6.45) is 5.32. The van der Waals surface area contributed by atoms with Crippen LogP contribution in [0.3, 0.4) is 0 Å². The van der Waals surface area contributed by atoms with E-state index >= 15 is 0 Å². The van der Waals surface area contributed by atoms with E-state index in [0.717, 1.165) is 18.4 Å². The minimum absolute atomic E-state index is 0.0705. The smallest absolute Gasteiger partial charge is 0.216 e. The Hall–Kier alpha value is -3.41. The van der Waals surface area contributed by atoms with Crippen molar-refractivity contribution in [1.82, 2.24) is 5.32 Å². The second-order valence-electron chi connectivity index (χ2n) is 7.52. The van der Waals surface area contributed by atoms with E-state index < -0.39 is 17.7 Å². The third-order valence-electron chi connectivity index (χ3n) is 5.75. The quantitative estimate of drug-likeness (QED) is 0.454. The van der Waals surface area contributed by atoms with Crippen LogP contribution >= 0.6 is 11.6 Å². The van der Waals surface area contributed by atoms with Gasteiger partial charge in [0.1, 0.15) is 6.07 Å². The van der Waals surface area contributed by atoms with Crippen LogP contribution in [0.25, 0.3) is 5.41 Å². The molecule has 0 bridgehead atoms. The van der Waals surface area contributed by atoms with E-state index in [1.54, 1.807) is 12.1 Å². The average Bonchev–Trinajstić information content (AvgIpc) is 3.61. The highest BCUT2D eigenvalue weighted by Gasteiger charge is 2.61. The fourth-order valence-electron chi connectivity index (χ4n) is 4.25. The standard InChI is InChI=1S/C23H18ClN5O/c24-18-8-4-15(5-9-18)20-19(14-27)21(16(12-25)13-26)28-23(30,17-6-7-17)22(20)29-10-2-1-3-11-29/h1-5,8-11,17,20,22,28,30H,6-7H2/t20-,22-,23-/m0/s1. The largest absolute Gasteiger partial charge is 0.762 e. The second kappa shape index (κ2) is 7.78. The van der Waals surface area contributed by atoms with Crippen LogP contribution in [0.2, 0.25) is 5.02 Å². The molecule has 2 aromatic rings. The molecule has 0 radical (unpaired) electrons. The van der Waals surface area contributed by atoms with Gasteiger partial charge in [-0.3, -0.25) is 0 Å². The SMILES string of the molecule is N#CC(=C=[N-])C1=C(C#N)[C@H](c2ccc(Cl)cc2)[C@H]([n+]2ccccc2)[C@@](O)(C2CC2)N1. The normalized spacial score (nSPS) is 25.5. The molecule has 7 heteroatoms. The molecule has 1 aliphatic carbocycles. The van der Waals surface area contributed by atoms with Crippen molar-refractivity contribution >= 4 is 17.5 Å². The van der Waals surface area contributed by atoms with Gasteiger partial charge in [0.2, 0.25) is 11.8 Å². The van der Waals surface area contributed by atoms with E-state index in [1.807, 2.05) is 59.2 Å². The van der Waals surface area contributed by atoms with Gasteiger partial charge < -0.3 is 15.8 Å². The van der Waals surface area contributed by atoms with E-state index in [9.17, 15) is 21.0 Å². The predicted octanol–water partition coefficient (Wildman–Crippen LogP) is 3.12. The highest BCUT2D eigenvalue weighted by atomic mass is 35.5. The van der Waals surface area contributed by atoms with Crippen LogP contribution in [0.1, 0.15) is 30.4 Å². The molecule has 4 rings (SSSR count). The van der Waals surface area contributed by atoms with Crippen molar-refractivity contribution in [1.29, 1.82) is 10.5 Å². The Labute approximate surface area is 179 Å². The molecular formula is C23H18ClN5O. The number of allylic oxidation sites excluding steroid dienone is 2. The van der Waals surface area contributed by atoms with Gasteiger partial charge in [-0.15, -0.1) is 0 Å². The monoisotopic (exact) mass is 415 g/mol. The third-order valence-corrected chi connectivity index (χ3v) is 6.01. The Balaban J connectivity index is 2.03. The van der Waals surface area contributed by atoms with Crippen LogP contribution in [-0.4, -0.2) is 16.7 Å². The number of nitriles is 2. The van der Waals surface area contributed by atoms with Crippen molar-refractivity contribution in [2.45, 2.75) is 30.5 Å². The number of nitrogens with zero attached hydrogens (tertiary/aromatic N) is 4. The molecule has 1 saturated carbocycles. The Kier molecular flexibility index (Phi) is 5.16. The van der Waals surface area contributed by atoms with Crippen LogP contribution in [0, 0.1) is 28.6 Å². The second-order valence-corrected chi connectivity index (χ2v) is 7.96. The summed E-state index contributed by atoms with van der Waals surface area (Å²) in [6, 6.07) is 16.2. The summed E-state index contributed by atoms with van der Waals surface area (Å²) < 4.78 is 1.89. The van der Waals surface area contributed by atoms with Gasteiger partial charge in [-0.1, -0.05) is 29.8 Å². The van der Waals surface area contributed by atoms with E-state index in [-0.39, 0.29) is 22.8 Å². The summed E-state index contributed by atoms with van der Waals surface area (Å²) >= 11 is 6.08. The molecule has 2 N–H and O–H groups in total. The number of aromatic nitrogens is 1. The van der Waals surface area contributed by atoms with Gasteiger partial charge in [0.25, 0.3) is 0 Å². The molecule has 2 heterocycles. The average molecular weight is 416 g/mol. The minimum Gasteiger partial charge on any atom is -0.762 e. The van der Waals surface area contributed by atoms with Crippen molar-refractivity contribution in [2.24, 2.45) is 5.92 Å². The summed E-state index contributed by atoms with van der Waals surface area (Å²) in [5.41, 5.74) is -0.552. The maximum absolute atomic E-state index is 11.9. The molecule has 0 spiro atoms. The van der Waals surface area contributed by atoms with Crippen LogP contribution in [-0.2, 0) is 0 Å². The minimum atomic E-state index is -1.44. The maximum Gasteiger partial charge on any atom is 0.216 e. The highest BCUT2D eigenvalue weighted by Crippen LogP contribution is 2.52. The summed E-state index contributed by atoms with van der Waals surface area (Å²) in [5.74, 6) is 1.21. The number of benzene rings is 1. The molecule has 0 unspecified atom stereocenters. The Bertz CT molecular complexity index is 1130. The molecule has 0 amide bonds. The fourth-order valence-corrected chi connectivity index (χ4v) is 4.38. The number of pyridine rings is 1. The third kappa shape index (κ3) is 3.28. The van der Waals surface area contributed by atoms with E-state index in [2.05, 4.69) is 11.4 Å². The van der Waals surface area contributed by atoms with Crippen LogP contribution in [0.4, 0.5) is 0 Å². The van der Waals surface area contributed by atoms with Crippen LogP contribution < -0.4 is 9.88 Å². The van der Waals surface area contributed by atoms with Crippen molar-refractivity contribution in [3.63, 3.8) is 0 Å². The fraction of sp³-hybridized carbons (Fsp3) is 0.261. The number of aliphatic hydroxyl groups is 1. The number of nitrogens with one attached hydrogen (secondary N) is 1. The number of rotatable bonds is 4. The van der Waals surface area contributed by atoms with Gasteiger partial charge in [0, 0.05) is 23.1 Å². The topological polar surface area (TPSA) is 106 Å². The van der Waals surface area contributed by atoms with Crippen molar-refractivity contribution < 1.29 is 9.67 Å². The molecular weight excluding hydrogens is 398 g/mol. The van der Waals surface area contributed by atoms with Crippen molar-refractivity contribution in [2.75, 3.05) is 0 Å². The van der Waals surface area contributed by atoms with Crippen molar-refractivity contribution in [3.8, 4) is 12.1 Å². The van der Waals surface area contributed by atoms with Crippen LogP contribution in [0.5, 0.6) is 0 Å². The van der Waals surface area contributed by atoms with E-state index in [1.165, 1.54) is 0 Å². The zero-order valence-corrected chi connectivity index (χ0v) is 16.7. The van der Waals surface area contributed by atoms with Gasteiger partial charge in [-0.2, -0.15) is 15.1 Å². The van der Waals surface area contributed by atoms with E-state index in [4.69, 9.17) is 11.6 Å². The molecule has 1 aliphatic heterocycles. The first-order valence-corrected chi connectivity index (χ1v) is 9.95. The van der Waals surface area contributed by atoms with E-state index in [0.29, 0.717) is 5.02 Å². The van der Waals surface area contributed by atoms with Gasteiger partial charge in [0.05, 0.1) is 28.8 Å². The Morgan fingerprint density at radius 1 is 1.17 bits per heavy atom. The van der Waals surface area contributed by atoms with Crippen LogP contribution in [0.15, 0.2) is 71.7 Å². The summed E-state index contributed by atoms with van der Waals surface area (Å²) in [6.45, 7) is 0. The molecule has 0 saturated heterocycles. The van der Waals surface area contributed by atoms with Crippen molar-refractivity contribution in [3.05, 3.63) is 87.7 Å². The zero-order valence-electron chi connectivity index (χ0n) is 16.0. The van der Waals surface area contributed by atoms with Gasteiger partial charge in [-0.25, -0.2) is 5.87 Å². The molecule has 1 aromatic carbocycles. The molecule has 3 atom stereocenters. The summed E-state index contributed by atoms with van der Waals surface area (Å²) in [7, 11) is 0. The lowest BCUT2D eigenvalue weighted by atomic mass is 9.74. The Morgan fingerprint density at radius 2 is 1.83 bits per heavy atom. The van der Waals surface area contributed by atoms with Gasteiger partial charge >= 0.3 is 0 Å². The number of hydrogen-bond donors (Lipinski definition) is 2. The molecule has 1 aromatic heterocycles. The molecule has 1 fully saturated rings. The lowest BCUT2D eigenvalue weighted by molar-refractivity contribution is -0.742.